The first-order valence-electron chi connectivity index (χ1n) is 8.61. The lowest BCUT2D eigenvalue weighted by atomic mass is 9.95. The van der Waals surface area contributed by atoms with Gasteiger partial charge in [-0.25, -0.2) is 4.98 Å². The highest BCUT2D eigenvalue weighted by Gasteiger charge is 2.21. The Bertz CT molecular complexity index is 944. The topological polar surface area (TPSA) is 35.8 Å². The number of benzene rings is 1. The number of ether oxygens (including phenoxy) is 2. The van der Waals surface area contributed by atoms with E-state index in [1.165, 1.54) is 17.6 Å². The van der Waals surface area contributed by atoms with Gasteiger partial charge in [0, 0.05) is 24.2 Å². The van der Waals surface area contributed by atoms with Gasteiger partial charge < -0.3 is 13.9 Å². The third-order valence-electron chi connectivity index (χ3n) is 4.94. The Balaban J connectivity index is 2.00. The molecule has 25 heavy (non-hydrogen) atoms. The molecule has 0 bridgehead atoms. The summed E-state index contributed by atoms with van der Waals surface area (Å²) in [4.78, 5) is 4.55. The summed E-state index contributed by atoms with van der Waals surface area (Å²) < 4.78 is 13.6. The average molecular weight is 334 g/mol. The number of pyridine rings is 1. The van der Waals surface area contributed by atoms with Crippen molar-refractivity contribution >= 4 is 11.2 Å². The molecule has 0 spiro atoms. The van der Waals surface area contributed by atoms with Gasteiger partial charge in [0.25, 0.3) is 0 Å². The molecule has 4 rings (SSSR count). The largest absolute Gasteiger partial charge is 0.496 e. The predicted octanol–water partition coefficient (Wildman–Crippen LogP) is 4.89. The fourth-order valence-corrected chi connectivity index (χ4v) is 3.66. The molecule has 0 radical (unpaired) electrons. The Kier molecular flexibility index (Phi) is 3.96. The fraction of sp³-hybridized carbons (Fsp3) is 0.286. The van der Waals surface area contributed by atoms with Gasteiger partial charge in [-0.1, -0.05) is 6.08 Å². The van der Waals surface area contributed by atoms with Crippen molar-refractivity contribution in [3.8, 4) is 22.6 Å². The number of methoxy groups -OCH3 is 2. The molecule has 0 atom stereocenters. The van der Waals surface area contributed by atoms with E-state index in [1.54, 1.807) is 14.2 Å². The van der Waals surface area contributed by atoms with Crippen LogP contribution >= 0.6 is 0 Å². The number of allylic oxidation sites excluding steroid dienone is 2. The number of fused-ring (bicyclic) bond motifs is 1. The minimum Gasteiger partial charge on any atom is -0.496 e. The summed E-state index contributed by atoms with van der Waals surface area (Å²) in [7, 11) is 3.43. The zero-order valence-corrected chi connectivity index (χ0v) is 14.9. The molecule has 1 aromatic carbocycles. The molecule has 0 unspecified atom stereocenters. The highest BCUT2D eigenvalue weighted by Crippen LogP contribution is 2.44. The zero-order chi connectivity index (χ0) is 17.4. The monoisotopic (exact) mass is 334 g/mol. The van der Waals surface area contributed by atoms with E-state index in [0.29, 0.717) is 0 Å². The minimum absolute atomic E-state index is 0.821. The Hall–Kier alpha value is -2.75. The molecule has 0 fully saturated rings. The molecule has 128 valence electrons. The van der Waals surface area contributed by atoms with Crippen molar-refractivity contribution in [1.82, 2.24) is 9.38 Å². The lowest BCUT2D eigenvalue weighted by molar-refractivity contribution is 0.397. The first-order valence-corrected chi connectivity index (χ1v) is 8.61. The second-order valence-electron chi connectivity index (χ2n) is 6.41. The lowest BCUT2D eigenvalue weighted by Crippen LogP contribution is -1.99. The number of aryl methyl sites for hydroxylation is 1. The van der Waals surface area contributed by atoms with Crippen LogP contribution < -0.4 is 9.47 Å². The van der Waals surface area contributed by atoms with Crippen molar-refractivity contribution in [2.45, 2.75) is 26.2 Å². The van der Waals surface area contributed by atoms with Crippen LogP contribution in [0.1, 0.15) is 30.4 Å². The summed E-state index contributed by atoms with van der Waals surface area (Å²) >= 11 is 0. The van der Waals surface area contributed by atoms with E-state index < -0.39 is 0 Å². The van der Waals surface area contributed by atoms with Crippen molar-refractivity contribution < 1.29 is 9.47 Å². The van der Waals surface area contributed by atoms with Crippen LogP contribution in [0, 0.1) is 6.92 Å². The minimum atomic E-state index is 0.821. The third kappa shape index (κ3) is 2.58. The van der Waals surface area contributed by atoms with Crippen molar-refractivity contribution in [3.05, 3.63) is 54.0 Å². The average Bonchev–Trinajstić information content (AvgIpc) is 3.32. The zero-order valence-electron chi connectivity index (χ0n) is 14.9. The number of nitrogens with zero attached hydrogens (tertiary/aromatic N) is 2. The van der Waals surface area contributed by atoms with Gasteiger partial charge in [0.2, 0.25) is 0 Å². The molecule has 0 saturated carbocycles. The summed E-state index contributed by atoms with van der Waals surface area (Å²) in [5.41, 5.74) is 6.61. The number of hydrogen-bond donors (Lipinski definition) is 0. The molecular weight excluding hydrogens is 312 g/mol. The maximum absolute atomic E-state index is 5.78. The SMILES string of the molecule is COc1cc(C2=CCCC2)cc(OC)c1-c1c(C)ccn2ccnc12. The van der Waals surface area contributed by atoms with E-state index in [9.17, 15) is 0 Å². The van der Waals surface area contributed by atoms with Gasteiger partial charge in [-0.05, 0) is 61.1 Å². The summed E-state index contributed by atoms with van der Waals surface area (Å²) in [6.07, 6.45) is 11.6. The molecular formula is C21H22N2O2. The van der Waals surface area contributed by atoms with Gasteiger partial charge in [0.05, 0.1) is 19.8 Å². The van der Waals surface area contributed by atoms with Crippen LogP contribution in [0.4, 0.5) is 0 Å². The van der Waals surface area contributed by atoms with E-state index in [-0.39, 0.29) is 0 Å². The summed E-state index contributed by atoms with van der Waals surface area (Å²) in [6, 6.07) is 6.35. The van der Waals surface area contributed by atoms with Crippen LogP contribution in [0.25, 0.3) is 22.3 Å². The van der Waals surface area contributed by atoms with E-state index >= 15 is 0 Å². The van der Waals surface area contributed by atoms with Crippen molar-refractivity contribution in [2.24, 2.45) is 0 Å². The van der Waals surface area contributed by atoms with Crippen molar-refractivity contribution in [2.75, 3.05) is 14.2 Å². The summed E-state index contributed by atoms with van der Waals surface area (Å²) in [5, 5.41) is 0. The Labute approximate surface area is 147 Å². The Morgan fingerprint density at radius 1 is 1.04 bits per heavy atom. The Morgan fingerprint density at radius 3 is 2.44 bits per heavy atom. The van der Waals surface area contributed by atoms with Gasteiger partial charge in [0.1, 0.15) is 17.1 Å². The second-order valence-corrected chi connectivity index (χ2v) is 6.41. The van der Waals surface area contributed by atoms with Gasteiger partial charge in [-0.2, -0.15) is 0 Å². The van der Waals surface area contributed by atoms with Crippen LogP contribution in [0.2, 0.25) is 0 Å². The summed E-state index contributed by atoms with van der Waals surface area (Å²) in [6.45, 7) is 2.09. The molecule has 1 aliphatic carbocycles. The third-order valence-corrected chi connectivity index (χ3v) is 4.94. The Morgan fingerprint density at radius 2 is 1.80 bits per heavy atom. The van der Waals surface area contributed by atoms with E-state index in [0.717, 1.165) is 46.7 Å². The summed E-state index contributed by atoms with van der Waals surface area (Å²) in [5.74, 6) is 1.64. The second kappa shape index (κ2) is 6.28. The van der Waals surface area contributed by atoms with Gasteiger partial charge >= 0.3 is 0 Å². The molecule has 0 N–H and O–H groups in total. The first kappa shape index (κ1) is 15.8. The molecule has 0 amide bonds. The van der Waals surface area contributed by atoms with E-state index in [1.807, 2.05) is 23.0 Å². The molecule has 2 heterocycles. The van der Waals surface area contributed by atoms with E-state index in [4.69, 9.17) is 9.47 Å². The molecule has 4 nitrogen and oxygen atoms in total. The van der Waals surface area contributed by atoms with Crippen molar-refractivity contribution in [3.63, 3.8) is 0 Å². The standard InChI is InChI=1S/C21H22N2O2/c1-14-8-10-23-11-9-22-21(23)19(14)20-17(24-2)12-16(13-18(20)25-3)15-6-4-5-7-15/h6,8-13H,4-5,7H2,1-3H3. The number of aromatic nitrogens is 2. The molecule has 0 saturated heterocycles. The van der Waals surface area contributed by atoms with Crippen LogP contribution in [0.3, 0.4) is 0 Å². The normalized spacial score (nSPS) is 14.0. The van der Waals surface area contributed by atoms with Crippen LogP contribution in [-0.2, 0) is 0 Å². The number of hydrogen-bond acceptors (Lipinski definition) is 3. The molecule has 2 aromatic heterocycles. The smallest absolute Gasteiger partial charge is 0.145 e. The van der Waals surface area contributed by atoms with Gasteiger partial charge in [-0.15, -0.1) is 0 Å². The van der Waals surface area contributed by atoms with Crippen LogP contribution in [0.15, 0.2) is 42.9 Å². The quantitative estimate of drug-likeness (QED) is 0.681. The number of imidazole rings is 1. The highest BCUT2D eigenvalue weighted by molar-refractivity contribution is 5.89. The lowest BCUT2D eigenvalue weighted by Gasteiger charge is -2.18. The fourth-order valence-electron chi connectivity index (χ4n) is 3.66. The van der Waals surface area contributed by atoms with Gasteiger partial charge in [-0.3, -0.25) is 0 Å². The molecule has 3 aromatic rings. The highest BCUT2D eigenvalue weighted by atomic mass is 16.5. The van der Waals surface area contributed by atoms with Gasteiger partial charge in [0.15, 0.2) is 0 Å². The van der Waals surface area contributed by atoms with E-state index in [2.05, 4.69) is 36.2 Å². The predicted molar refractivity (Wildman–Crippen MR) is 100 cm³/mol. The maximum atomic E-state index is 5.78. The molecule has 4 heteroatoms. The molecule has 1 aliphatic rings. The van der Waals surface area contributed by atoms with Crippen molar-refractivity contribution in [1.29, 1.82) is 0 Å². The van der Waals surface area contributed by atoms with Crippen LogP contribution in [0.5, 0.6) is 11.5 Å². The number of rotatable bonds is 4. The first-order chi connectivity index (χ1) is 12.2. The maximum Gasteiger partial charge on any atom is 0.145 e. The molecule has 0 aliphatic heterocycles. The van der Waals surface area contributed by atoms with Crippen LogP contribution in [-0.4, -0.2) is 23.6 Å².